The molecule has 0 fully saturated rings. The molecule has 2 rings (SSSR count). The highest BCUT2D eigenvalue weighted by Crippen LogP contribution is 2.20. The number of nitrogens with zero attached hydrogens (tertiary/aromatic N) is 3. The fourth-order valence-electron chi connectivity index (χ4n) is 1.63. The predicted molar refractivity (Wildman–Crippen MR) is 72.5 cm³/mol. The van der Waals surface area contributed by atoms with Crippen molar-refractivity contribution in [3.8, 4) is 0 Å². The number of rotatable bonds is 3. The van der Waals surface area contributed by atoms with Crippen molar-refractivity contribution in [3.05, 3.63) is 40.4 Å². The highest BCUT2D eigenvalue weighted by molar-refractivity contribution is 9.10. The third-order valence-electron chi connectivity index (χ3n) is 2.45. The number of amides is 1. The first-order chi connectivity index (χ1) is 8.61. The third-order valence-corrected chi connectivity index (χ3v) is 3.09. The molecule has 6 heteroatoms. The van der Waals surface area contributed by atoms with Crippen molar-refractivity contribution in [2.75, 3.05) is 5.32 Å². The van der Waals surface area contributed by atoms with Gasteiger partial charge in [0.05, 0.1) is 15.9 Å². The smallest absolute Gasteiger partial charge is 0.273 e. The van der Waals surface area contributed by atoms with E-state index in [0.717, 1.165) is 10.2 Å². The van der Waals surface area contributed by atoms with Crippen LogP contribution in [0.2, 0.25) is 0 Å². The van der Waals surface area contributed by atoms with Gasteiger partial charge in [-0.15, -0.1) is 0 Å². The molecule has 2 aromatic heterocycles. The zero-order valence-electron chi connectivity index (χ0n) is 10.1. The van der Waals surface area contributed by atoms with Crippen LogP contribution in [0.5, 0.6) is 0 Å². The van der Waals surface area contributed by atoms with Crippen LogP contribution < -0.4 is 5.32 Å². The number of nitrogens with one attached hydrogen (secondary N) is 1. The lowest BCUT2D eigenvalue weighted by molar-refractivity contribution is 0.101. The molecule has 0 radical (unpaired) electrons. The zero-order chi connectivity index (χ0) is 13.1. The van der Waals surface area contributed by atoms with Crippen LogP contribution in [0.1, 0.15) is 23.1 Å². The van der Waals surface area contributed by atoms with Crippen LogP contribution in [0, 0.1) is 6.92 Å². The Morgan fingerprint density at radius 1 is 1.56 bits per heavy atom. The number of hydrogen-bond donors (Lipinski definition) is 1. The van der Waals surface area contributed by atoms with Crippen molar-refractivity contribution >= 4 is 27.5 Å². The Hall–Kier alpha value is -1.69. The molecule has 0 unspecified atom stereocenters. The molecule has 1 amide bonds. The summed E-state index contributed by atoms with van der Waals surface area (Å²) in [6, 6.07) is 3.51. The van der Waals surface area contributed by atoms with E-state index in [-0.39, 0.29) is 5.91 Å². The lowest BCUT2D eigenvalue weighted by Gasteiger charge is -2.07. The van der Waals surface area contributed by atoms with Crippen LogP contribution in [0.25, 0.3) is 0 Å². The summed E-state index contributed by atoms with van der Waals surface area (Å²) < 4.78 is 2.43. The maximum atomic E-state index is 12.1. The van der Waals surface area contributed by atoms with Crippen LogP contribution in [-0.4, -0.2) is 20.7 Å². The molecule has 0 aliphatic rings. The van der Waals surface area contributed by atoms with E-state index in [0.29, 0.717) is 17.9 Å². The molecule has 2 heterocycles. The summed E-state index contributed by atoms with van der Waals surface area (Å²) in [4.78, 5) is 16.1. The van der Waals surface area contributed by atoms with Crippen molar-refractivity contribution in [3.63, 3.8) is 0 Å². The molecule has 0 aromatic carbocycles. The topological polar surface area (TPSA) is 59.8 Å². The second kappa shape index (κ2) is 5.30. The monoisotopic (exact) mass is 308 g/mol. The molecular weight excluding hydrogens is 296 g/mol. The number of halogens is 1. The van der Waals surface area contributed by atoms with E-state index < -0.39 is 0 Å². The molecule has 94 valence electrons. The minimum absolute atomic E-state index is 0.177. The number of pyridine rings is 1. The van der Waals surface area contributed by atoms with Gasteiger partial charge in [-0.3, -0.25) is 14.5 Å². The molecule has 0 atom stereocenters. The summed E-state index contributed by atoms with van der Waals surface area (Å²) in [5, 5.41) is 7.07. The molecule has 0 spiro atoms. The molecule has 0 saturated heterocycles. The van der Waals surface area contributed by atoms with Gasteiger partial charge in [-0.05, 0) is 41.9 Å². The quantitative estimate of drug-likeness (QED) is 0.948. The first-order valence-corrected chi connectivity index (χ1v) is 6.36. The molecule has 0 saturated carbocycles. The first-order valence-electron chi connectivity index (χ1n) is 5.57. The van der Waals surface area contributed by atoms with Gasteiger partial charge in [0, 0.05) is 18.9 Å². The number of carbonyl (C=O) groups excluding carboxylic acids is 1. The number of aryl methyl sites for hydroxylation is 2. The lowest BCUT2D eigenvalue weighted by atomic mass is 10.3. The third kappa shape index (κ3) is 2.59. The molecule has 2 aromatic rings. The first kappa shape index (κ1) is 12.8. The van der Waals surface area contributed by atoms with Crippen molar-refractivity contribution in [1.82, 2.24) is 14.8 Å². The van der Waals surface area contributed by atoms with Crippen molar-refractivity contribution in [2.45, 2.75) is 20.4 Å². The van der Waals surface area contributed by atoms with Gasteiger partial charge in [-0.2, -0.15) is 5.10 Å². The van der Waals surface area contributed by atoms with Crippen LogP contribution in [0.4, 0.5) is 5.69 Å². The Labute approximate surface area is 113 Å². The van der Waals surface area contributed by atoms with Crippen molar-refractivity contribution in [1.29, 1.82) is 0 Å². The summed E-state index contributed by atoms with van der Waals surface area (Å²) in [6.07, 6.45) is 3.26. The molecule has 5 nitrogen and oxygen atoms in total. The SMILES string of the molecule is CCn1nc(C)cc1C(=O)Nc1ccncc1Br. The fourth-order valence-corrected chi connectivity index (χ4v) is 1.98. The van der Waals surface area contributed by atoms with Crippen molar-refractivity contribution in [2.24, 2.45) is 0 Å². The number of hydrogen-bond acceptors (Lipinski definition) is 3. The number of anilines is 1. The van der Waals surface area contributed by atoms with Gasteiger partial charge >= 0.3 is 0 Å². The Balaban J connectivity index is 2.25. The summed E-state index contributed by atoms with van der Waals surface area (Å²) >= 11 is 3.34. The maximum Gasteiger partial charge on any atom is 0.273 e. The molecule has 1 N–H and O–H groups in total. The zero-order valence-corrected chi connectivity index (χ0v) is 11.7. The second-order valence-corrected chi connectivity index (χ2v) is 4.65. The standard InChI is InChI=1S/C12H13BrN4O/c1-3-17-11(6-8(2)16-17)12(18)15-10-4-5-14-7-9(10)13/h4-7H,3H2,1-2H3,(H,14,15,18). The summed E-state index contributed by atoms with van der Waals surface area (Å²) in [7, 11) is 0. The van der Waals surface area contributed by atoms with E-state index in [2.05, 4.69) is 31.3 Å². The molecular formula is C12H13BrN4O. The van der Waals surface area contributed by atoms with Crippen molar-refractivity contribution < 1.29 is 4.79 Å². The Bertz CT molecular complexity index is 579. The summed E-state index contributed by atoms with van der Waals surface area (Å²) in [5.74, 6) is -0.177. The molecule has 0 aliphatic heterocycles. The lowest BCUT2D eigenvalue weighted by Crippen LogP contribution is -2.17. The van der Waals surface area contributed by atoms with E-state index in [9.17, 15) is 4.79 Å². The fraction of sp³-hybridized carbons (Fsp3) is 0.250. The van der Waals surface area contributed by atoms with E-state index in [1.165, 1.54) is 0 Å². The van der Waals surface area contributed by atoms with E-state index in [1.807, 2.05) is 13.8 Å². The van der Waals surface area contributed by atoms with Gasteiger partial charge in [-0.1, -0.05) is 0 Å². The van der Waals surface area contributed by atoms with Gasteiger partial charge in [-0.25, -0.2) is 0 Å². The van der Waals surface area contributed by atoms with Crippen LogP contribution in [0.15, 0.2) is 29.0 Å². The van der Waals surface area contributed by atoms with Gasteiger partial charge in [0.2, 0.25) is 0 Å². The largest absolute Gasteiger partial charge is 0.320 e. The van der Waals surface area contributed by atoms with Crippen LogP contribution in [-0.2, 0) is 6.54 Å². The highest BCUT2D eigenvalue weighted by atomic mass is 79.9. The van der Waals surface area contributed by atoms with E-state index >= 15 is 0 Å². The van der Waals surface area contributed by atoms with Gasteiger partial charge < -0.3 is 5.32 Å². The number of aromatic nitrogens is 3. The average Bonchev–Trinajstić information content (AvgIpc) is 2.73. The van der Waals surface area contributed by atoms with E-state index in [1.54, 1.807) is 29.2 Å². The van der Waals surface area contributed by atoms with Gasteiger partial charge in [0.1, 0.15) is 5.69 Å². The highest BCUT2D eigenvalue weighted by Gasteiger charge is 2.14. The normalized spacial score (nSPS) is 10.4. The minimum atomic E-state index is -0.177. The number of carbonyl (C=O) groups is 1. The van der Waals surface area contributed by atoms with Gasteiger partial charge in [0.15, 0.2) is 0 Å². The van der Waals surface area contributed by atoms with Crippen LogP contribution in [0.3, 0.4) is 0 Å². The minimum Gasteiger partial charge on any atom is -0.320 e. The van der Waals surface area contributed by atoms with Gasteiger partial charge in [0.25, 0.3) is 5.91 Å². The molecule has 0 aliphatic carbocycles. The predicted octanol–water partition coefficient (Wildman–Crippen LogP) is 2.62. The molecule has 18 heavy (non-hydrogen) atoms. The maximum absolute atomic E-state index is 12.1. The second-order valence-electron chi connectivity index (χ2n) is 3.80. The molecule has 0 bridgehead atoms. The Kier molecular flexibility index (Phi) is 3.76. The van der Waals surface area contributed by atoms with Crippen LogP contribution >= 0.6 is 15.9 Å². The Morgan fingerprint density at radius 2 is 2.33 bits per heavy atom. The average molecular weight is 309 g/mol. The summed E-state index contributed by atoms with van der Waals surface area (Å²) in [5.41, 5.74) is 2.08. The Morgan fingerprint density at radius 3 is 3.00 bits per heavy atom. The van der Waals surface area contributed by atoms with E-state index in [4.69, 9.17) is 0 Å². The summed E-state index contributed by atoms with van der Waals surface area (Å²) in [6.45, 7) is 4.48.